The zero-order valence-electron chi connectivity index (χ0n) is 16.6. The number of halogens is 3. The van der Waals surface area contributed by atoms with Crippen molar-refractivity contribution in [2.75, 3.05) is 12.0 Å². The lowest BCUT2D eigenvalue weighted by Gasteiger charge is -2.22. The molecule has 0 fully saturated rings. The predicted molar refractivity (Wildman–Crippen MR) is 110 cm³/mol. The summed E-state index contributed by atoms with van der Waals surface area (Å²) in [5.41, 5.74) is 2.66. The SMILES string of the molecule is CCC(NC(=O)c1c(C)n(NCC(F)(F)F)c(=O)c2ccccc12)c1ccccc1. The number of amides is 1. The van der Waals surface area contributed by atoms with Gasteiger partial charge in [-0.25, -0.2) is 4.68 Å². The summed E-state index contributed by atoms with van der Waals surface area (Å²) in [5.74, 6) is -0.457. The van der Waals surface area contributed by atoms with Gasteiger partial charge in [-0.15, -0.1) is 0 Å². The van der Waals surface area contributed by atoms with Crippen molar-refractivity contribution in [2.24, 2.45) is 0 Å². The summed E-state index contributed by atoms with van der Waals surface area (Å²) < 4.78 is 39.0. The number of carbonyl (C=O) groups is 1. The van der Waals surface area contributed by atoms with Gasteiger partial charge in [-0.1, -0.05) is 55.5 Å². The zero-order valence-corrected chi connectivity index (χ0v) is 16.6. The first-order valence-electron chi connectivity index (χ1n) is 9.53. The molecule has 1 aromatic heterocycles. The quantitative estimate of drug-likeness (QED) is 0.629. The van der Waals surface area contributed by atoms with E-state index in [1.807, 2.05) is 37.3 Å². The summed E-state index contributed by atoms with van der Waals surface area (Å²) in [6.45, 7) is 1.99. The highest BCUT2D eigenvalue weighted by Crippen LogP contribution is 2.22. The Hall–Kier alpha value is -3.29. The van der Waals surface area contributed by atoms with Crippen LogP contribution in [0.1, 0.15) is 41.0 Å². The molecule has 0 saturated carbocycles. The average molecular weight is 417 g/mol. The summed E-state index contributed by atoms with van der Waals surface area (Å²) in [7, 11) is 0. The number of carbonyl (C=O) groups excluding carboxylic acids is 1. The molecule has 1 unspecified atom stereocenters. The van der Waals surface area contributed by atoms with Crippen molar-refractivity contribution in [3.8, 4) is 0 Å². The largest absolute Gasteiger partial charge is 0.407 e. The van der Waals surface area contributed by atoms with Crippen LogP contribution in [-0.2, 0) is 0 Å². The molecule has 3 rings (SSSR count). The second kappa shape index (κ2) is 8.61. The Morgan fingerprint density at radius 2 is 1.63 bits per heavy atom. The van der Waals surface area contributed by atoms with Gasteiger partial charge < -0.3 is 10.7 Å². The highest BCUT2D eigenvalue weighted by Gasteiger charge is 2.28. The molecule has 1 heterocycles. The molecule has 0 bridgehead atoms. The maximum atomic E-state index is 13.2. The lowest BCUT2D eigenvalue weighted by atomic mass is 10.0. The minimum Gasteiger partial charge on any atom is -0.345 e. The Morgan fingerprint density at radius 3 is 2.23 bits per heavy atom. The van der Waals surface area contributed by atoms with Gasteiger partial charge in [0.15, 0.2) is 0 Å². The number of rotatable bonds is 6. The number of benzene rings is 2. The molecule has 0 saturated heterocycles. The lowest BCUT2D eigenvalue weighted by Crippen LogP contribution is -2.39. The minimum absolute atomic E-state index is 0.114. The van der Waals surface area contributed by atoms with Gasteiger partial charge in [0.25, 0.3) is 11.5 Å². The highest BCUT2D eigenvalue weighted by atomic mass is 19.4. The van der Waals surface area contributed by atoms with Crippen molar-refractivity contribution in [1.82, 2.24) is 9.99 Å². The van der Waals surface area contributed by atoms with Crippen molar-refractivity contribution in [1.29, 1.82) is 0 Å². The summed E-state index contributed by atoms with van der Waals surface area (Å²) in [5, 5.41) is 3.50. The topological polar surface area (TPSA) is 63.1 Å². The number of hydrogen-bond donors (Lipinski definition) is 2. The minimum atomic E-state index is -4.51. The van der Waals surface area contributed by atoms with Gasteiger partial charge in [0.05, 0.1) is 17.3 Å². The molecule has 1 atom stereocenters. The molecule has 0 radical (unpaired) electrons. The van der Waals surface area contributed by atoms with Gasteiger partial charge in [0, 0.05) is 10.8 Å². The molecular weight excluding hydrogens is 395 g/mol. The van der Waals surface area contributed by atoms with Gasteiger partial charge in [0.2, 0.25) is 0 Å². The van der Waals surface area contributed by atoms with Crippen molar-refractivity contribution < 1.29 is 18.0 Å². The second-order valence-electron chi connectivity index (χ2n) is 6.94. The van der Waals surface area contributed by atoms with Crippen LogP contribution < -0.4 is 16.3 Å². The highest BCUT2D eigenvalue weighted by molar-refractivity contribution is 6.07. The number of fused-ring (bicyclic) bond motifs is 1. The molecule has 3 aromatic rings. The Labute approximate surface area is 171 Å². The first-order valence-corrected chi connectivity index (χ1v) is 9.53. The molecule has 8 heteroatoms. The third-order valence-electron chi connectivity index (χ3n) is 4.91. The number of aromatic nitrogens is 1. The van der Waals surface area contributed by atoms with Crippen LogP contribution in [0.25, 0.3) is 10.8 Å². The number of pyridine rings is 1. The third kappa shape index (κ3) is 4.48. The first-order chi connectivity index (χ1) is 14.2. The van der Waals surface area contributed by atoms with E-state index in [9.17, 15) is 22.8 Å². The number of nitrogens with one attached hydrogen (secondary N) is 2. The summed E-state index contributed by atoms with van der Waals surface area (Å²) in [6.07, 6.45) is -3.89. The van der Waals surface area contributed by atoms with E-state index >= 15 is 0 Å². The molecule has 5 nitrogen and oxygen atoms in total. The van der Waals surface area contributed by atoms with Crippen LogP contribution in [-0.4, -0.2) is 23.3 Å². The number of alkyl halides is 3. The Balaban J connectivity index is 2.07. The van der Waals surface area contributed by atoms with E-state index in [1.165, 1.54) is 13.0 Å². The maximum absolute atomic E-state index is 13.2. The molecular formula is C22H22F3N3O2. The molecule has 158 valence electrons. The molecule has 0 spiro atoms. The van der Waals surface area contributed by atoms with Gasteiger partial charge in [0.1, 0.15) is 6.54 Å². The lowest BCUT2D eigenvalue weighted by molar-refractivity contribution is -0.116. The monoisotopic (exact) mass is 417 g/mol. The van der Waals surface area contributed by atoms with Crippen LogP contribution in [0.2, 0.25) is 0 Å². The molecule has 30 heavy (non-hydrogen) atoms. The fourth-order valence-electron chi connectivity index (χ4n) is 3.45. The van der Waals surface area contributed by atoms with E-state index in [1.54, 1.807) is 18.2 Å². The van der Waals surface area contributed by atoms with E-state index in [-0.39, 0.29) is 22.7 Å². The Bertz CT molecular complexity index is 1110. The second-order valence-corrected chi connectivity index (χ2v) is 6.94. The van der Waals surface area contributed by atoms with Crippen LogP contribution in [0.15, 0.2) is 59.4 Å². The van der Waals surface area contributed by atoms with E-state index < -0.39 is 24.2 Å². The van der Waals surface area contributed by atoms with Gasteiger partial charge >= 0.3 is 6.18 Å². The van der Waals surface area contributed by atoms with Crippen molar-refractivity contribution in [3.63, 3.8) is 0 Å². The normalized spacial score (nSPS) is 12.6. The molecule has 0 aliphatic heterocycles. The van der Waals surface area contributed by atoms with Gasteiger partial charge in [-0.3, -0.25) is 9.59 Å². The van der Waals surface area contributed by atoms with Crippen LogP contribution in [0.4, 0.5) is 13.2 Å². The fraction of sp³-hybridized carbons (Fsp3) is 0.273. The van der Waals surface area contributed by atoms with Crippen molar-refractivity contribution in [2.45, 2.75) is 32.5 Å². The molecule has 2 N–H and O–H groups in total. The average Bonchev–Trinajstić information content (AvgIpc) is 2.72. The van der Waals surface area contributed by atoms with Crippen molar-refractivity contribution in [3.05, 3.63) is 81.8 Å². The van der Waals surface area contributed by atoms with Gasteiger partial charge in [-0.2, -0.15) is 13.2 Å². The molecule has 2 aromatic carbocycles. The number of hydrogen-bond acceptors (Lipinski definition) is 3. The first kappa shape index (κ1) is 21.4. The standard InChI is InChI=1S/C22H22F3N3O2/c1-3-18(15-9-5-4-6-10-15)27-20(29)19-14(2)28(26-13-22(23,24)25)21(30)17-12-8-7-11-16(17)19/h4-12,18,26H,3,13H2,1-2H3,(H,27,29). The van der Waals surface area contributed by atoms with E-state index in [0.717, 1.165) is 10.2 Å². The van der Waals surface area contributed by atoms with Gasteiger partial charge in [-0.05, 0) is 25.0 Å². The smallest absolute Gasteiger partial charge is 0.345 e. The third-order valence-corrected chi connectivity index (χ3v) is 4.91. The summed E-state index contributed by atoms with van der Waals surface area (Å²) in [4.78, 5) is 26.0. The Morgan fingerprint density at radius 1 is 1.03 bits per heavy atom. The predicted octanol–water partition coefficient (Wildman–Crippen LogP) is 4.30. The fourth-order valence-corrected chi connectivity index (χ4v) is 3.45. The van der Waals surface area contributed by atoms with Crippen LogP contribution in [0, 0.1) is 6.92 Å². The maximum Gasteiger partial charge on any atom is 0.407 e. The van der Waals surface area contributed by atoms with Crippen LogP contribution in [0.3, 0.4) is 0 Å². The van der Waals surface area contributed by atoms with Crippen molar-refractivity contribution >= 4 is 16.7 Å². The van der Waals surface area contributed by atoms with E-state index in [4.69, 9.17) is 0 Å². The summed E-state index contributed by atoms with van der Waals surface area (Å²) in [6, 6.07) is 15.5. The molecule has 0 aliphatic carbocycles. The zero-order chi connectivity index (χ0) is 21.9. The molecule has 1 amide bonds. The molecule has 0 aliphatic rings. The van der Waals surface area contributed by atoms with Crippen LogP contribution >= 0.6 is 0 Å². The van der Waals surface area contributed by atoms with Crippen LogP contribution in [0.5, 0.6) is 0 Å². The Kier molecular flexibility index (Phi) is 6.14. The van der Waals surface area contributed by atoms with E-state index in [2.05, 4.69) is 10.7 Å². The number of nitrogens with zero attached hydrogens (tertiary/aromatic N) is 1. The summed E-state index contributed by atoms with van der Waals surface area (Å²) >= 11 is 0. The van der Waals surface area contributed by atoms with E-state index in [0.29, 0.717) is 11.8 Å².